The molecule has 0 heterocycles. The Morgan fingerprint density at radius 3 is 2.29 bits per heavy atom. The van der Waals surface area contributed by atoms with E-state index in [0.717, 1.165) is 0 Å². The fraction of sp³-hybridized carbons (Fsp3) is 0.800. The number of carbonyl (C=O) groups excluding carboxylic acids is 2. The van der Waals surface area contributed by atoms with Crippen molar-refractivity contribution in [1.82, 2.24) is 5.32 Å². The van der Waals surface area contributed by atoms with Crippen molar-refractivity contribution >= 4 is 11.8 Å². The van der Waals surface area contributed by atoms with Gasteiger partial charge in [-0.25, -0.2) is 0 Å². The molecule has 0 radical (unpaired) electrons. The van der Waals surface area contributed by atoms with E-state index in [1.165, 1.54) is 14.0 Å². The van der Waals surface area contributed by atoms with E-state index in [0.29, 0.717) is 12.8 Å². The third-order valence-corrected chi connectivity index (χ3v) is 1.81. The summed E-state index contributed by atoms with van der Waals surface area (Å²) in [6.07, 6.45) is 0.902. The van der Waals surface area contributed by atoms with E-state index in [1.54, 1.807) is 0 Å². The van der Waals surface area contributed by atoms with Crippen LogP contribution in [0.3, 0.4) is 0 Å². The van der Waals surface area contributed by atoms with Gasteiger partial charge in [-0.2, -0.15) is 0 Å². The number of ether oxygens (including phenoxy) is 1. The van der Waals surface area contributed by atoms with E-state index in [2.05, 4.69) is 10.1 Å². The van der Waals surface area contributed by atoms with Crippen LogP contribution in [0.15, 0.2) is 0 Å². The lowest BCUT2D eigenvalue weighted by atomic mass is 10.1. The quantitative estimate of drug-likeness (QED) is 0.648. The van der Waals surface area contributed by atoms with Gasteiger partial charge in [0.2, 0.25) is 0 Å². The van der Waals surface area contributed by atoms with Crippen LogP contribution in [0.1, 0.15) is 33.6 Å². The molecule has 0 saturated carbocycles. The fourth-order valence-electron chi connectivity index (χ4n) is 1.16. The number of rotatable bonds is 6. The van der Waals surface area contributed by atoms with Gasteiger partial charge in [0.15, 0.2) is 0 Å². The highest BCUT2D eigenvalue weighted by atomic mass is 16.5. The molecule has 0 aliphatic rings. The Hall–Kier alpha value is -0.900. The average Bonchev–Trinajstić information content (AvgIpc) is 2.10. The van der Waals surface area contributed by atoms with Crippen LogP contribution in [-0.2, 0) is 14.3 Å². The predicted molar refractivity (Wildman–Crippen MR) is 54.0 cm³/mol. The standard InChI is InChI=1S/C10H19NO3/c1-7(2)11-9(10(13)14-4)6-5-8(3)12/h7,9,11H,5-6H2,1-4H3. The van der Waals surface area contributed by atoms with Crippen molar-refractivity contribution in [2.45, 2.75) is 45.7 Å². The highest BCUT2D eigenvalue weighted by molar-refractivity contribution is 5.79. The van der Waals surface area contributed by atoms with Gasteiger partial charge >= 0.3 is 5.97 Å². The topological polar surface area (TPSA) is 55.4 Å². The molecule has 0 spiro atoms. The lowest BCUT2D eigenvalue weighted by Crippen LogP contribution is -2.41. The molecular formula is C10H19NO3. The van der Waals surface area contributed by atoms with Gasteiger partial charge in [-0.15, -0.1) is 0 Å². The molecule has 0 saturated heterocycles. The second kappa shape index (κ2) is 6.54. The molecular weight excluding hydrogens is 182 g/mol. The number of ketones is 1. The largest absolute Gasteiger partial charge is 0.468 e. The van der Waals surface area contributed by atoms with E-state index in [1.807, 2.05) is 13.8 Å². The second-order valence-electron chi connectivity index (χ2n) is 3.64. The number of methoxy groups -OCH3 is 1. The Kier molecular flexibility index (Phi) is 6.12. The molecule has 0 fully saturated rings. The first-order valence-electron chi connectivity index (χ1n) is 4.80. The Morgan fingerprint density at radius 1 is 1.36 bits per heavy atom. The minimum absolute atomic E-state index is 0.0875. The van der Waals surface area contributed by atoms with E-state index in [9.17, 15) is 9.59 Å². The van der Waals surface area contributed by atoms with E-state index >= 15 is 0 Å². The first-order valence-corrected chi connectivity index (χ1v) is 4.80. The summed E-state index contributed by atoms with van der Waals surface area (Å²) >= 11 is 0. The summed E-state index contributed by atoms with van der Waals surface area (Å²) in [6.45, 7) is 5.41. The van der Waals surface area contributed by atoms with Gasteiger partial charge in [-0.05, 0) is 13.3 Å². The molecule has 1 N–H and O–H groups in total. The van der Waals surface area contributed by atoms with Crippen LogP contribution in [0.2, 0.25) is 0 Å². The summed E-state index contributed by atoms with van der Waals surface area (Å²) in [5, 5.41) is 3.06. The molecule has 1 unspecified atom stereocenters. The SMILES string of the molecule is COC(=O)C(CCC(C)=O)NC(C)C. The van der Waals surface area contributed by atoms with Crippen LogP contribution in [0.5, 0.6) is 0 Å². The number of nitrogens with one attached hydrogen (secondary N) is 1. The minimum atomic E-state index is -0.371. The maximum atomic E-state index is 11.3. The normalized spacial score (nSPS) is 12.6. The van der Waals surface area contributed by atoms with Gasteiger partial charge in [-0.3, -0.25) is 4.79 Å². The third kappa shape index (κ3) is 5.70. The number of Topliss-reactive ketones (excluding diaryl/α,β-unsaturated/α-hetero) is 1. The molecule has 0 aromatic rings. The maximum absolute atomic E-state index is 11.3. The predicted octanol–water partition coefficient (Wildman–Crippen LogP) is 0.895. The van der Waals surface area contributed by atoms with Gasteiger partial charge in [0.25, 0.3) is 0 Å². The van der Waals surface area contributed by atoms with Crippen molar-refractivity contribution in [1.29, 1.82) is 0 Å². The zero-order valence-corrected chi connectivity index (χ0v) is 9.29. The van der Waals surface area contributed by atoms with Crippen LogP contribution in [0.4, 0.5) is 0 Å². The summed E-state index contributed by atoms with van der Waals surface area (Å²) in [5.74, 6) is -0.218. The second-order valence-corrected chi connectivity index (χ2v) is 3.64. The fourth-order valence-corrected chi connectivity index (χ4v) is 1.16. The van der Waals surface area contributed by atoms with Crippen LogP contribution in [-0.4, -0.2) is 30.9 Å². The molecule has 0 aliphatic heterocycles. The molecule has 4 heteroatoms. The summed E-state index contributed by atoms with van der Waals surface area (Å²) in [7, 11) is 1.35. The van der Waals surface area contributed by atoms with Crippen molar-refractivity contribution < 1.29 is 14.3 Å². The van der Waals surface area contributed by atoms with Crippen LogP contribution in [0.25, 0.3) is 0 Å². The molecule has 0 aromatic heterocycles. The molecule has 1 atom stereocenters. The average molecular weight is 201 g/mol. The maximum Gasteiger partial charge on any atom is 0.322 e. The first-order chi connectivity index (χ1) is 6.47. The molecule has 0 amide bonds. The van der Waals surface area contributed by atoms with Gasteiger partial charge in [0.1, 0.15) is 11.8 Å². The van der Waals surface area contributed by atoms with Crippen LogP contribution in [0, 0.1) is 0 Å². The van der Waals surface area contributed by atoms with Gasteiger partial charge in [-0.1, -0.05) is 13.8 Å². The monoisotopic (exact) mass is 201 g/mol. The highest BCUT2D eigenvalue weighted by Gasteiger charge is 2.19. The van der Waals surface area contributed by atoms with E-state index in [4.69, 9.17) is 0 Å². The van der Waals surface area contributed by atoms with Crippen molar-refractivity contribution in [3.63, 3.8) is 0 Å². The molecule has 4 nitrogen and oxygen atoms in total. The summed E-state index contributed by atoms with van der Waals surface area (Å²) < 4.78 is 4.63. The van der Waals surface area contributed by atoms with Gasteiger partial charge in [0, 0.05) is 12.5 Å². The van der Waals surface area contributed by atoms with Crippen LogP contribution >= 0.6 is 0 Å². The van der Waals surface area contributed by atoms with E-state index in [-0.39, 0.29) is 23.8 Å². The molecule has 0 rings (SSSR count). The van der Waals surface area contributed by atoms with Gasteiger partial charge < -0.3 is 14.8 Å². The molecule has 0 aromatic carbocycles. The van der Waals surface area contributed by atoms with Crippen molar-refractivity contribution in [2.24, 2.45) is 0 Å². The Labute approximate surface area is 85.0 Å². The first kappa shape index (κ1) is 13.1. The summed E-state index contributed by atoms with van der Waals surface area (Å²) in [6, 6.07) is -0.171. The molecule has 0 aliphatic carbocycles. The van der Waals surface area contributed by atoms with Crippen LogP contribution < -0.4 is 5.32 Å². The Morgan fingerprint density at radius 2 is 1.93 bits per heavy atom. The third-order valence-electron chi connectivity index (χ3n) is 1.81. The molecule has 14 heavy (non-hydrogen) atoms. The van der Waals surface area contributed by atoms with Crippen molar-refractivity contribution in [3.05, 3.63) is 0 Å². The number of hydrogen-bond acceptors (Lipinski definition) is 4. The Bertz CT molecular complexity index is 202. The minimum Gasteiger partial charge on any atom is -0.468 e. The highest BCUT2D eigenvalue weighted by Crippen LogP contribution is 2.01. The van der Waals surface area contributed by atoms with Crippen molar-refractivity contribution in [2.75, 3.05) is 7.11 Å². The van der Waals surface area contributed by atoms with Gasteiger partial charge in [0.05, 0.1) is 7.11 Å². The molecule has 0 bridgehead atoms. The summed E-state index contributed by atoms with van der Waals surface area (Å²) in [4.78, 5) is 22.0. The number of carbonyl (C=O) groups is 2. The lowest BCUT2D eigenvalue weighted by molar-refractivity contribution is -0.143. The number of hydrogen-bond donors (Lipinski definition) is 1. The molecule has 82 valence electrons. The summed E-state index contributed by atoms with van der Waals surface area (Å²) in [5.41, 5.74) is 0. The van der Waals surface area contributed by atoms with Crippen molar-refractivity contribution in [3.8, 4) is 0 Å². The zero-order chi connectivity index (χ0) is 11.1. The zero-order valence-electron chi connectivity index (χ0n) is 9.29. The smallest absolute Gasteiger partial charge is 0.322 e. The number of esters is 1. The van der Waals surface area contributed by atoms with E-state index < -0.39 is 0 Å². The lowest BCUT2D eigenvalue weighted by Gasteiger charge is -2.18. The Balaban J connectivity index is 4.10.